The lowest BCUT2D eigenvalue weighted by Gasteiger charge is -2.18. The predicted octanol–water partition coefficient (Wildman–Crippen LogP) is 4.12. The van der Waals surface area contributed by atoms with Gasteiger partial charge in [-0.2, -0.15) is 0 Å². The highest BCUT2D eigenvalue weighted by molar-refractivity contribution is 5.96. The van der Waals surface area contributed by atoms with Crippen molar-refractivity contribution in [2.24, 2.45) is 0 Å². The molecule has 2 aromatic heterocycles. The zero-order valence-corrected chi connectivity index (χ0v) is 20.5. The molecule has 4 aromatic rings. The monoisotopic (exact) mass is 522 g/mol. The van der Waals surface area contributed by atoms with Crippen LogP contribution in [0.2, 0.25) is 0 Å². The third-order valence-corrected chi connectivity index (χ3v) is 5.86. The normalized spacial score (nSPS) is 11.7. The van der Waals surface area contributed by atoms with Crippen molar-refractivity contribution < 1.29 is 33.0 Å². The number of fused-ring (bicyclic) bond motifs is 1. The second-order valence-corrected chi connectivity index (χ2v) is 8.54. The molecule has 0 spiro atoms. The summed E-state index contributed by atoms with van der Waals surface area (Å²) in [5, 5.41) is 14.9. The van der Waals surface area contributed by atoms with E-state index >= 15 is 0 Å². The number of aliphatic carboxylic acids is 1. The van der Waals surface area contributed by atoms with Gasteiger partial charge >= 0.3 is 11.9 Å². The number of hydrogen-bond donors (Lipinski definition) is 3. The van der Waals surface area contributed by atoms with Crippen LogP contribution in [0, 0.1) is 18.6 Å². The third kappa shape index (κ3) is 5.77. The van der Waals surface area contributed by atoms with Gasteiger partial charge in [-0.05, 0) is 42.8 Å². The van der Waals surface area contributed by atoms with Crippen LogP contribution in [0.5, 0.6) is 0 Å². The van der Waals surface area contributed by atoms with Gasteiger partial charge < -0.3 is 20.5 Å². The van der Waals surface area contributed by atoms with Gasteiger partial charge in [0.2, 0.25) is 0 Å². The summed E-state index contributed by atoms with van der Waals surface area (Å²) in [7, 11) is 1.21. The second-order valence-electron chi connectivity index (χ2n) is 8.54. The number of nitrogens with one attached hydrogen (secondary N) is 2. The molecular formula is C27H24F2N4O5. The van der Waals surface area contributed by atoms with Crippen LogP contribution in [0.15, 0.2) is 60.8 Å². The Morgan fingerprint density at radius 2 is 1.82 bits per heavy atom. The summed E-state index contributed by atoms with van der Waals surface area (Å²) in [6.07, 6.45) is 1.15. The smallest absolute Gasteiger partial charge is 0.325 e. The summed E-state index contributed by atoms with van der Waals surface area (Å²) in [4.78, 5) is 40.7. The van der Waals surface area contributed by atoms with Crippen molar-refractivity contribution in [1.82, 2.24) is 14.7 Å². The van der Waals surface area contributed by atoms with Crippen molar-refractivity contribution in [2.45, 2.75) is 19.4 Å². The summed E-state index contributed by atoms with van der Waals surface area (Å²) >= 11 is 0. The molecule has 0 saturated heterocycles. The molecule has 1 unspecified atom stereocenters. The fourth-order valence-electron chi connectivity index (χ4n) is 3.92. The molecule has 196 valence electrons. The summed E-state index contributed by atoms with van der Waals surface area (Å²) in [6, 6.07) is 12.2. The number of imidazole rings is 1. The number of carbonyl (C=O) groups excluding carboxylic acids is 2. The Bertz CT molecular complexity index is 1520. The third-order valence-electron chi connectivity index (χ3n) is 5.86. The molecular weight excluding hydrogens is 498 g/mol. The molecule has 38 heavy (non-hydrogen) atoms. The lowest BCUT2D eigenvalue weighted by molar-refractivity contribution is -0.139. The number of carboxylic acids is 1. The maximum absolute atomic E-state index is 14.6. The van der Waals surface area contributed by atoms with Crippen molar-refractivity contribution in [3.63, 3.8) is 0 Å². The van der Waals surface area contributed by atoms with Crippen LogP contribution in [0.1, 0.15) is 33.9 Å². The number of benzene rings is 2. The number of methoxy groups -OCH3 is 1. The van der Waals surface area contributed by atoms with Gasteiger partial charge in [-0.1, -0.05) is 29.8 Å². The molecule has 9 nitrogen and oxygen atoms in total. The van der Waals surface area contributed by atoms with E-state index in [1.807, 2.05) is 19.1 Å². The van der Waals surface area contributed by atoms with Crippen molar-refractivity contribution in [2.75, 3.05) is 19.0 Å². The van der Waals surface area contributed by atoms with Crippen LogP contribution in [0.25, 0.3) is 16.9 Å². The summed E-state index contributed by atoms with van der Waals surface area (Å²) in [5.41, 5.74) is 1.86. The van der Waals surface area contributed by atoms with Gasteiger partial charge in [0.05, 0.1) is 19.6 Å². The minimum atomic E-state index is -1.08. The van der Waals surface area contributed by atoms with Crippen molar-refractivity contribution >= 4 is 29.3 Å². The maximum Gasteiger partial charge on any atom is 0.325 e. The predicted molar refractivity (Wildman–Crippen MR) is 135 cm³/mol. The molecule has 0 bridgehead atoms. The van der Waals surface area contributed by atoms with Gasteiger partial charge in [-0.3, -0.25) is 18.8 Å². The van der Waals surface area contributed by atoms with Gasteiger partial charge in [0.15, 0.2) is 0 Å². The van der Waals surface area contributed by atoms with Gasteiger partial charge in [-0.25, -0.2) is 13.8 Å². The van der Waals surface area contributed by atoms with E-state index < -0.39 is 35.5 Å². The van der Waals surface area contributed by atoms with E-state index in [1.54, 1.807) is 12.1 Å². The van der Waals surface area contributed by atoms with Crippen molar-refractivity contribution in [1.29, 1.82) is 0 Å². The fourth-order valence-corrected chi connectivity index (χ4v) is 3.92. The number of esters is 1. The first-order valence-corrected chi connectivity index (χ1v) is 11.5. The standard InChI is InChI=1S/C27H24F2N4O5/c1-15-3-5-16(6-4-15)21(13-23(34)35)31-27(37)17-9-10-33-22(11-17)32-25(26(33)30-14-24(36)38-2)19-12-18(28)7-8-20(19)29/h3-12,21,30H,13-14H2,1-2H3,(H,31,37)(H,34,35). The lowest BCUT2D eigenvalue weighted by Crippen LogP contribution is -2.30. The molecule has 1 amide bonds. The number of halogens is 2. The molecule has 0 saturated carbocycles. The molecule has 0 radical (unpaired) electrons. The number of rotatable bonds is 9. The van der Waals surface area contributed by atoms with Gasteiger partial charge in [0.25, 0.3) is 5.91 Å². The van der Waals surface area contributed by atoms with Crippen LogP contribution in [0.3, 0.4) is 0 Å². The summed E-state index contributed by atoms with van der Waals surface area (Å²) in [6.45, 7) is 1.62. The number of aryl methyl sites for hydroxylation is 1. The van der Waals surface area contributed by atoms with E-state index in [4.69, 9.17) is 0 Å². The van der Waals surface area contributed by atoms with Crippen molar-refractivity contribution in [3.8, 4) is 11.3 Å². The Labute approximate surface area is 216 Å². The minimum Gasteiger partial charge on any atom is -0.481 e. The van der Waals surface area contributed by atoms with Crippen LogP contribution in [-0.4, -0.2) is 46.0 Å². The highest BCUT2D eigenvalue weighted by Crippen LogP contribution is 2.31. The van der Waals surface area contributed by atoms with Crippen LogP contribution in [0.4, 0.5) is 14.6 Å². The Morgan fingerprint density at radius 3 is 2.50 bits per heavy atom. The molecule has 0 aliphatic heterocycles. The van der Waals surface area contributed by atoms with E-state index in [-0.39, 0.29) is 41.3 Å². The van der Waals surface area contributed by atoms with E-state index in [2.05, 4.69) is 20.4 Å². The minimum absolute atomic E-state index is 0.0203. The molecule has 11 heteroatoms. The largest absolute Gasteiger partial charge is 0.481 e. The van der Waals surface area contributed by atoms with Crippen LogP contribution in [-0.2, 0) is 14.3 Å². The van der Waals surface area contributed by atoms with E-state index in [1.165, 1.54) is 29.8 Å². The maximum atomic E-state index is 14.6. The molecule has 0 aliphatic rings. The number of anilines is 1. The molecule has 0 fully saturated rings. The molecule has 0 aliphatic carbocycles. The second kappa shape index (κ2) is 11.1. The quantitative estimate of drug-likeness (QED) is 0.283. The Kier molecular flexibility index (Phi) is 7.66. The first kappa shape index (κ1) is 26.3. The van der Waals surface area contributed by atoms with Gasteiger partial charge in [0.1, 0.15) is 35.3 Å². The lowest BCUT2D eigenvalue weighted by atomic mass is 10.0. The zero-order chi connectivity index (χ0) is 27.4. The molecule has 2 heterocycles. The SMILES string of the molecule is COC(=O)CNc1c(-c2cc(F)ccc2F)nc2cc(C(=O)NC(CC(=O)O)c3ccc(C)cc3)ccn12. The summed E-state index contributed by atoms with van der Waals surface area (Å²) in [5.74, 6) is -3.46. The van der Waals surface area contributed by atoms with E-state index in [0.29, 0.717) is 5.56 Å². The molecule has 4 rings (SSSR count). The molecule has 1 atom stereocenters. The van der Waals surface area contributed by atoms with Crippen molar-refractivity contribution in [3.05, 3.63) is 89.1 Å². The first-order chi connectivity index (χ1) is 18.2. The van der Waals surface area contributed by atoms with Crippen LogP contribution < -0.4 is 10.6 Å². The number of aromatic nitrogens is 2. The van der Waals surface area contributed by atoms with Gasteiger partial charge in [0, 0.05) is 17.3 Å². The number of pyridine rings is 1. The number of ether oxygens (including phenoxy) is 1. The number of carboxylic acid groups (broad SMARTS) is 1. The molecule has 3 N–H and O–H groups in total. The van der Waals surface area contributed by atoms with Crippen LogP contribution >= 0.6 is 0 Å². The number of amides is 1. The highest BCUT2D eigenvalue weighted by atomic mass is 19.1. The highest BCUT2D eigenvalue weighted by Gasteiger charge is 2.22. The first-order valence-electron chi connectivity index (χ1n) is 11.5. The molecule has 2 aromatic carbocycles. The summed E-state index contributed by atoms with van der Waals surface area (Å²) < 4.78 is 34.7. The van der Waals surface area contributed by atoms with E-state index in [9.17, 15) is 28.3 Å². The number of carbonyl (C=O) groups is 3. The average molecular weight is 523 g/mol. The Morgan fingerprint density at radius 1 is 1.08 bits per heavy atom. The average Bonchev–Trinajstić information content (AvgIpc) is 3.25. The zero-order valence-electron chi connectivity index (χ0n) is 20.5. The van der Waals surface area contributed by atoms with Gasteiger partial charge in [-0.15, -0.1) is 0 Å². The Balaban J connectivity index is 1.71. The topological polar surface area (TPSA) is 122 Å². The Hall–Kier alpha value is -4.80. The number of hydrogen-bond acceptors (Lipinski definition) is 6. The fraction of sp³-hybridized carbons (Fsp3) is 0.185. The number of nitrogens with zero attached hydrogens (tertiary/aromatic N) is 2. The van der Waals surface area contributed by atoms with E-state index in [0.717, 1.165) is 23.8 Å².